The van der Waals surface area contributed by atoms with E-state index in [4.69, 9.17) is 4.74 Å². The number of H-pyrrole nitrogens is 1. The molecule has 9 nitrogen and oxygen atoms in total. The summed E-state index contributed by atoms with van der Waals surface area (Å²) in [4.78, 5) is 25.5. The maximum Gasteiger partial charge on any atom is 0.274 e. The van der Waals surface area contributed by atoms with Gasteiger partial charge in [0, 0.05) is 86.2 Å². The molecule has 2 aliphatic rings. The molecular formula is C28H31F2N5O4S2. The molecule has 1 aliphatic carbocycles. The minimum absolute atomic E-state index is 0.0895. The number of thiazole rings is 1. The molecule has 1 N–H and O–H groups in total. The number of nitrogens with zero attached hydrogens (tertiary/aromatic N) is 4. The molecule has 0 radical (unpaired) electrons. The standard InChI is InChI=1S/C28H31F2N5O4S2/c1-3-41(37,38)20-4-5-24(39-17-18-14-28(18,29)30)21(13-20)23-16-33(2)26(36)25-22(23)12-19(32-25)15-34-7-9-35(10-8-34)27-31-6-11-40-27/h4-6,11-13,16,18,32H,3,7-10,14-15,17H2,1-2H3. The van der Waals surface area contributed by atoms with Gasteiger partial charge in [0.1, 0.15) is 11.3 Å². The van der Waals surface area contributed by atoms with E-state index in [1.165, 1.54) is 22.8 Å². The number of pyridine rings is 1. The second-order valence-electron chi connectivity index (χ2n) is 10.7. The number of ether oxygens (including phenoxy) is 1. The van der Waals surface area contributed by atoms with Crippen LogP contribution >= 0.6 is 11.3 Å². The van der Waals surface area contributed by atoms with Gasteiger partial charge < -0.3 is 19.2 Å². The molecule has 1 aromatic carbocycles. The molecule has 1 unspecified atom stereocenters. The predicted octanol–water partition coefficient (Wildman–Crippen LogP) is 4.14. The highest BCUT2D eigenvalue weighted by molar-refractivity contribution is 7.91. The summed E-state index contributed by atoms with van der Waals surface area (Å²) in [7, 11) is -1.93. The summed E-state index contributed by atoms with van der Waals surface area (Å²) in [6.07, 6.45) is 3.22. The first kappa shape index (κ1) is 27.9. The van der Waals surface area contributed by atoms with E-state index in [9.17, 15) is 22.0 Å². The Morgan fingerprint density at radius 3 is 2.59 bits per heavy atom. The van der Waals surface area contributed by atoms with Crippen LogP contribution in [-0.2, 0) is 23.4 Å². The Hall–Kier alpha value is -3.29. The maximum atomic E-state index is 13.6. The summed E-state index contributed by atoms with van der Waals surface area (Å²) in [5, 5.41) is 3.60. The van der Waals surface area contributed by atoms with E-state index in [2.05, 4.69) is 19.8 Å². The lowest BCUT2D eigenvalue weighted by atomic mass is 10.0. The van der Waals surface area contributed by atoms with Crippen LogP contribution in [0.2, 0.25) is 0 Å². The number of halogens is 2. The van der Waals surface area contributed by atoms with Crippen LogP contribution < -0.4 is 15.2 Å². The molecule has 1 aliphatic heterocycles. The fraction of sp³-hybridized carbons (Fsp3) is 0.429. The van der Waals surface area contributed by atoms with E-state index in [0.717, 1.165) is 37.0 Å². The highest BCUT2D eigenvalue weighted by atomic mass is 32.2. The first-order valence-electron chi connectivity index (χ1n) is 13.5. The number of nitrogens with one attached hydrogen (secondary N) is 1. The van der Waals surface area contributed by atoms with Crippen LogP contribution in [0, 0.1) is 5.92 Å². The van der Waals surface area contributed by atoms with Crippen LogP contribution in [0.25, 0.3) is 22.0 Å². The second-order valence-corrected chi connectivity index (χ2v) is 13.8. The number of piperazine rings is 1. The van der Waals surface area contributed by atoms with E-state index >= 15 is 0 Å². The lowest BCUT2D eigenvalue weighted by Crippen LogP contribution is -2.46. The van der Waals surface area contributed by atoms with Gasteiger partial charge in [-0.05, 0) is 24.3 Å². The molecular weight excluding hydrogens is 572 g/mol. The molecule has 218 valence electrons. The van der Waals surface area contributed by atoms with Crippen LogP contribution in [0.5, 0.6) is 5.75 Å². The minimum Gasteiger partial charge on any atom is -0.492 e. The zero-order valence-corrected chi connectivity index (χ0v) is 24.4. The Balaban J connectivity index is 1.34. The lowest BCUT2D eigenvalue weighted by molar-refractivity contribution is 0.0857. The first-order valence-corrected chi connectivity index (χ1v) is 16.0. The molecule has 0 spiro atoms. The summed E-state index contributed by atoms with van der Waals surface area (Å²) in [5.74, 6) is -3.40. The van der Waals surface area contributed by atoms with Gasteiger partial charge in [0.25, 0.3) is 11.5 Å². The number of hydrogen-bond acceptors (Lipinski definition) is 8. The summed E-state index contributed by atoms with van der Waals surface area (Å²) in [5.41, 5.74) is 2.05. The minimum atomic E-state index is -3.56. The van der Waals surface area contributed by atoms with E-state index < -0.39 is 21.7 Å². The fourth-order valence-corrected chi connectivity index (χ4v) is 6.85. The van der Waals surface area contributed by atoms with Crippen molar-refractivity contribution in [1.29, 1.82) is 0 Å². The topological polar surface area (TPSA) is 101 Å². The molecule has 1 saturated carbocycles. The number of fused-ring (bicyclic) bond motifs is 1. The summed E-state index contributed by atoms with van der Waals surface area (Å²) in [6, 6.07) is 6.39. The van der Waals surface area contributed by atoms with E-state index in [1.807, 2.05) is 11.4 Å². The third-order valence-corrected chi connectivity index (χ3v) is 10.4. The average Bonchev–Trinajstić information content (AvgIpc) is 3.34. The third-order valence-electron chi connectivity index (χ3n) is 7.85. The van der Waals surface area contributed by atoms with Gasteiger partial charge in [0.2, 0.25) is 0 Å². The van der Waals surface area contributed by atoms with Gasteiger partial charge in [-0.25, -0.2) is 22.2 Å². The van der Waals surface area contributed by atoms with Gasteiger partial charge in [-0.15, -0.1) is 11.3 Å². The van der Waals surface area contributed by atoms with Crippen LogP contribution in [-0.4, -0.2) is 72.3 Å². The Morgan fingerprint density at radius 2 is 1.93 bits per heavy atom. The van der Waals surface area contributed by atoms with Gasteiger partial charge in [0.15, 0.2) is 15.0 Å². The van der Waals surface area contributed by atoms with Gasteiger partial charge in [-0.3, -0.25) is 9.69 Å². The number of sulfone groups is 1. The zero-order chi connectivity index (χ0) is 28.9. The molecule has 0 bridgehead atoms. The largest absolute Gasteiger partial charge is 0.492 e. The molecule has 4 aromatic rings. The number of anilines is 1. The normalized spacial score (nSPS) is 19.1. The van der Waals surface area contributed by atoms with E-state index in [-0.39, 0.29) is 29.2 Å². The second kappa shape index (κ2) is 10.5. The smallest absolute Gasteiger partial charge is 0.274 e. The molecule has 4 heterocycles. The zero-order valence-electron chi connectivity index (χ0n) is 22.8. The fourth-order valence-electron chi connectivity index (χ4n) is 5.25. The number of alkyl halides is 2. The average molecular weight is 604 g/mol. The lowest BCUT2D eigenvalue weighted by Gasteiger charge is -2.34. The SMILES string of the molecule is CCS(=O)(=O)c1ccc(OCC2CC2(F)F)c(-c2cn(C)c(=O)c3[nH]c(CN4CCN(c5nccs5)CC4)cc23)c1. The number of aromatic nitrogens is 3. The van der Waals surface area contributed by atoms with Gasteiger partial charge in [0.05, 0.1) is 23.2 Å². The van der Waals surface area contributed by atoms with E-state index in [1.54, 1.807) is 37.7 Å². The maximum absolute atomic E-state index is 13.6. The van der Waals surface area contributed by atoms with Gasteiger partial charge in [-0.2, -0.15) is 0 Å². The first-order chi connectivity index (χ1) is 19.6. The number of aryl methyl sites for hydroxylation is 1. The molecule has 0 amide bonds. The van der Waals surface area contributed by atoms with Crippen LogP contribution in [0.1, 0.15) is 19.0 Å². The number of hydrogen-bond donors (Lipinski definition) is 1. The summed E-state index contributed by atoms with van der Waals surface area (Å²) < 4.78 is 59.9. The van der Waals surface area contributed by atoms with Crippen LogP contribution in [0.15, 0.2) is 51.7 Å². The van der Waals surface area contributed by atoms with Crippen LogP contribution in [0.4, 0.5) is 13.9 Å². The van der Waals surface area contributed by atoms with Gasteiger partial charge in [-0.1, -0.05) is 6.92 Å². The molecule has 6 rings (SSSR count). The van der Waals surface area contributed by atoms with Crippen molar-refractivity contribution in [3.8, 4) is 16.9 Å². The Labute approximate surface area is 240 Å². The summed E-state index contributed by atoms with van der Waals surface area (Å²) >= 11 is 1.62. The van der Waals surface area contributed by atoms with Crippen LogP contribution in [0.3, 0.4) is 0 Å². The van der Waals surface area contributed by atoms with Crippen molar-refractivity contribution in [3.05, 3.63) is 58.1 Å². The number of benzene rings is 1. The quantitative estimate of drug-likeness (QED) is 0.307. The monoisotopic (exact) mass is 603 g/mol. The van der Waals surface area contributed by atoms with Crippen molar-refractivity contribution in [1.82, 2.24) is 19.4 Å². The molecule has 2 fully saturated rings. The Kier molecular flexibility index (Phi) is 7.15. The molecule has 3 aromatic heterocycles. The van der Waals surface area contributed by atoms with Crippen molar-refractivity contribution in [3.63, 3.8) is 0 Å². The van der Waals surface area contributed by atoms with Crippen molar-refractivity contribution in [2.45, 2.75) is 30.7 Å². The summed E-state index contributed by atoms with van der Waals surface area (Å²) in [6.45, 7) is 5.35. The van der Waals surface area contributed by atoms with Crippen molar-refractivity contribution in [2.24, 2.45) is 13.0 Å². The molecule has 1 atom stereocenters. The highest BCUT2D eigenvalue weighted by Crippen LogP contribution is 2.49. The highest BCUT2D eigenvalue weighted by Gasteiger charge is 2.57. The molecule has 1 saturated heterocycles. The van der Waals surface area contributed by atoms with Gasteiger partial charge >= 0.3 is 0 Å². The van der Waals surface area contributed by atoms with Crippen molar-refractivity contribution in [2.75, 3.05) is 43.4 Å². The Morgan fingerprint density at radius 1 is 1.17 bits per heavy atom. The number of rotatable bonds is 9. The number of aromatic amines is 1. The third kappa shape index (κ3) is 5.50. The van der Waals surface area contributed by atoms with Crippen molar-refractivity contribution >= 4 is 37.2 Å². The molecule has 41 heavy (non-hydrogen) atoms. The molecule has 13 heteroatoms. The predicted molar refractivity (Wildman–Crippen MR) is 155 cm³/mol. The van der Waals surface area contributed by atoms with E-state index in [0.29, 0.717) is 34.3 Å². The Bertz CT molecular complexity index is 1740. The van der Waals surface area contributed by atoms with Crippen molar-refractivity contribution < 1.29 is 21.9 Å².